The molecule has 2 N–H and O–H groups in total. The van der Waals surface area contributed by atoms with Crippen molar-refractivity contribution in [2.75, 3.05) is 0 Å². The van der Waals surface area contributed by atoms with Crippen LogP contribution in [0.25, 0.3) is 0 Å². The van der Waals surface area contributed by atoms with Crippen LogP contribution in [0.1, 0.15) is 219 Å². The fraction of sp³-hybridized carbons (Fsp3) is 0.944. The molecule has 0 aromatic carbocycles. The summed E-state index contributed by atoms with van der Waals surface area (Å²) in [5.74, 6) is -1.31. The molecule has 0 aromatic heterocycles. The van der Waals surface area contributed by atoms with E-state index in [1.807, 2.05) is 0 Å². The minimum absolute atomic E-state index is 0. The fourth-order valence-corrected chi connectivity index (χ4v) is 5.30. The molecule has 0 saturated carbocycles. The van der Waals surface area contributed by atoms with Crippen LogP contribution in [-0.4, -0.2) is 41.0 Å². The predicted molar refractivity (Wildman–Crippen MR) is 182 cm³/mol. The maximum atomic E-state index is 10.3. The maximum absolute atomic E-state index is 10.3. The molecule has 0 aliphatic rings. The first kappa shape index (κ1) is 45.0. The standard InChI is InChI=1S/2C18H36O2.Li.H/c2*1-2-3-4-5-6-7-8-9-10-11-12-13-14-15-16-17-18(19)20;;/h2*2-17H2,1H3,(H,19,20);;. The molecule has 0 spiro atoms. The molecule has 0 rings (SSSR count). The Balaban J connectivity index is -0.000000688. The molecule has 0 heterocycles. The summed E-state index contributed by atoms with van der Waals surface area (Å²) in [6, 6.07) is 0. The molecule has 0 aliphatic carbocycles. The average Bonchev–Trinajstić information content (AvgIpc) is 2.93. The summed E-state index contributed by atoms with van der Waals surface area (Å²) < 4.78 is 0. The molecule has 4 nitrogen and oxygen atoms in total. The SMILES string of the molecule is CCCCCCCCCCCCCCCCCC(=O)O.CCCCCCCCCCCCCCCCCC(=O)O.[LiH]. The Bertz CT molecular complexity index is 454. The molecule has 0 bridgehead atoms. The summed E-state index contributed by atoms with van der Waals surface area (Å²) in [5, 5.41) is 17.0. The van der Waals surface area contributed by atoms with Crippen LogP contribution < -0.4 is 0 Å². The van der Waals surface area contributed by atoms with E-state index in [-0.39, 0.29) is 18.9 Å². The number of hydrogen-bond donors (Lipinski definition) is 2. The van der Waals surface area contributed by atoms with E-state index in [0.29, 0.717) is 12.8 Å². The van der Waals surface area contributed by atoms with E-state index in [1.165, 1.54) is 167 Å². The van der Waals surface area contributed by atoms with Crippen molar-refractivity contribution in [2.45, 2.75) is 219 Å². The van der Waals surface area contributed by atoms with Crippen molar-refractivity contribution in [1.82, 2.24) is 0 Å². The van der Waals surface area contributed by atoms with Crippen LogP contribution in [0.3, 0.4) is 0 Å². The van der Waals surface area contributed by atoms with Gasteiger partial charge in [0.05, 0.1) is 0 Å². The number of unbranched alkanes of at least 4 members (excludes halogenated alkanes) is 28. The van der Waals surface area contributed by atoms with E-state index >= 15 is 0 Å². The van der Waals surface area contributed by atoms with Gasteiger partial charge in [0.15, 0.2) is 0 Å². The van der Waals surface area contributed by atoms with Crippen molar-refractivity contribution in [3.8, 4) is 0 Å². The molecule has 0 unspecified atom stereocenters. The van der Waals surface area contributed by atoms with E-state index in [4.69, 9.17) is 10.2 Å². The number of carboxylic acid groups (broad SMARTS) is 2. The zero-order chi connectivity index (χ0) is 29.8. The molecule has 0 aliphatic heterocycles. The summed E-state index contributed by atoms with van der Waals surface area (Å²) >= 11 is 0. The molecule has 0 atom stereocenters. The Morgan fingerprint density at radius 2 is 0.463 bits per heavy atom. The Morgan fingerprint density at radius 3 is 0.610 bits per heavy atom. The van der Waals surface area contributed by atoms with Gasteiger partial charge in [-0.1, -0.05) is 194 Å². The van der Waals surface area contributed by atoms with E-state index in [9.17, 15) is 9.59 Å². The van der Waals surface area contributed by atoms with Gasteiger partial charge in [0.25, 0.3) is 0 Å². The summed E-state index contributed by atoms with van der Waals surface area (Å²) in [5.41, 5.74) is 0. The quantitative estimate of drug-likeness (QED) is 0.0617. The normalized spacial score (nSPS) is 10.6. The van der Waals surface area contributed by atoms with Gasteiger partial charge in [0, 0.05) is 12.8 Å². The molecule has 5 heteroatoms. The van der Waals surface area contributed by atoms with Gasteiger partial charge in [-0.3, -0.25) is 9.59 Å². The number of hydrogen-bond acceptors (Lipinski definition) is 2. The molecule has 0 saturated heterocycles. The van der Waals surface area contributed by atoms with Crippen LogP contribution in [0.2, 0.25) is 0 Å². The summed E-state index contributed by atoms with van der Waals surface area (Å²) in [6.07, 6.45) is 40.4. The van der Waals surface area contributed by atoms with Gasteiger partial charge in [-0.15, -0.1) is 0 Å². The first-order chi connectivity index (χ1) is 19.5. The van der Waals surface area contributed by atoms with Crippen LogP contribution in [0.15, 0.2) is 0 Å². The van der Waals surface area contributed by atoms with Crippen molar-refractivity contribution in [3.63, 3.8) is 0 Å². The Kier molecular flexibility index (Phi) is 45.7. The number of rotatable bonds is 32. The Hall–Kier alpha value is -0.463. The van der Waals surface area contributed by atoms with E-state index in [0.717, 1.165) is 25.7 Å². The Labute approximate surface area is 269 Å². The van der Waals surface area contributed by atoms with E-state index in [2.05, 4.69) is 13.8 Å². The minimum atomic E-state index is -0.653. The van der Waals surface area contributed by atoms with Gasteiger partial charge in [-0.25, -0.2) is 0 Å². The van der Waals surface area contributed by atoms with E-state index < -0.39 is 11.9 Å². The van der Waals surface area contributed by atoms with Gasteiger partial charge in [0.1, 0.15) is 0 Å². The van der Waals surface area contributed by atoms with Crippen molar-refractivity contribution in [2.24, 2.45) is 0 Å². The third kappa shape index (κ3) is 49.5. The molecular weight excluding hydrogens is 503 g/mol. The molecule has 41 heavy (non-hydrogen) atoms. The van der Waals surface area contributed by atoms with Crippen molar-refractivity contribution in [3.05, 3.63) is 0 Å². The summed E-state index contributed by atoms with van der Waals surface area (Å²) in [7, 11) is 0. The zero-order valence-corrected chi connectivity index (χ0v) is 27.3. The number of carbonyl (C=O) groups is 2. The van der Waals surface area contributed by atoms with Crippen LogP contribution in [-0.2, 0) is 9.59 Å². The van der Waals surface area contributed by atoms with Gasteiger partial charge in [-0.05, 0) is 12.8 Å². The molecule has 0 radical (unpaired) electrons. The van der Waals surface area contributed by atoms with E-state index in [1.54, 1.807) is 0 Å². The van der Waals surface area contributed by atoms with Crippen LogP contribution >= 0.6 is 0 Å². The summed E-state index contributed by atoms with van der Waals surface area (Å²) in [6.45, 7) is 4.54. The van der Waals surface area contributed by atoms with Crippen molar-refractivity contribution >= 4 is 30.8 Å². The fourth-order valence-electron chi connectivity index (χ4n) is 5.30. The molecule has 0 amide bonds. The average molecular weight is 577 g/mol. The van der Waals surface area contributed by atoms with Crippen LogP contribution in [0.4, 0.5) is 0 Å². The van der Waals surface area contributed by atoms with Gasteiger partial charge < -0.3 is 10.2 Å². The number of carboxylic acids is 2. The topological polar surface area (TPSA) is 74.6 Å². The molecule has 0 fully saturated rings. The molecular formula is C36H73LiO4. The second kappa shape index (κ2) is 41.7. The predicted octanol–water partition coefficient (Wildman–Crippen LogP) is 12.0. The first-order valence-electron chi connectivity index (χ1n) is 18.0. The molecule has 242 valence electrons. The van der Waals surface area contributed by atoms with Gasteiger partial charge >= 0.3 is 30.8 Å². The zero-order valence-electron chi connectivity index (χ0n) is 27.3. The van der Waals surface area contributed by atoms with Crippen LogP contribution in [0, 0.1) is 0 Å². The number of aliphatic carboxylic acids is 2. The molecule has 0 aromatic rings. The second-order valence-electron chi connectivity index (χ2n) is 12.2. The second-order valence-corrected chi connectivity index (χ2v) is 12.2. The van der Waals surface area contributed by atoms with Crippen LogP contribution in [0.5, 0.6) is 0 Å². The third-order valence-electron chi connectivity index (χ3n) is 7.99. The van der Waals surface area contributed by atoms with Gasteiger partial charge in [-0.2, -0.15) is 0 Å². The van der Waals surface area contributed by atoms with Crippen molar-refractivity contribution < 1.29 is 19.8 Å². The van der Waals surface area contributed by atoms with Crippen molar-refractivity contribution in [1.29, 1.82) is 0 Å². The van der Waals surface area contributed by atoms with Gasteiger partial charge in [0.2, 0.25) is 0 Å². The monoisotopic (exact) mass is 577 g/mol. The Morgan fingerprint density at radius 1 is 0.317 bits per heavy atom. The third-order valence-corrected chi connectivity index (χ3v) is 7.99. The first-order valence-corrected chi connectivity index (χ1v) is 18.0. The summed E-state index contributed by atoms with van der Waals surface area (Å²) in [4.78, 5) is 20.7.